The van der Waals surface area contributed by atoms with Gasteiger partial charge in [-0.1, -0.05) is 91.0 Å². The van der Waals surface area contributed by atoms with Gasteiger partial charge in [-0.3, -0.25) is 4.79 Å². The predicted octanol–water partition coefficient (Wildman–Crippen LogP) is 7.44. The Bertz CT molecular complexity index is 1450. The van der Waals surface area contributed by atoms with Crippen molar-refractivity contribution in [2.45, 2.75) is 19.4 Å². The van der Waals surface area contributed by atoms with Gasteiger partial charge in [-0.05, 0) is 82.5 Å². The molecule has 0 aliphatic carbocycles. The van der Waals surface area contributed by atoms with E-state index in [-0.39, 0.29) is 5.91 Å². The number of benzene rings is 4. The van der Waals surface area contributed by atoms with Crippen molar-refractivity contribution in [2.75, 3.05) is 12.0 Å². The van der Waals surface area contributed by atoms with E-state index in [4.69, 9.17) is 0 Å². The van der Waals surface area contributed by atoms with Crippen LogP contribution in [0.5, 0.6) is 0 Å². The number of aryl methyl sites for hydroxylation is 1. The van der Waals surface area contributed by atoms with Gasteiger partial charge in [0.05, 0.1) is 0 Å². The zero-order valence-electron chi connectivity index (χ0n) is 21.6. The van der Waals surface area contributed by atoms with E-state index in [9.17, 15) is 14.7 Å². The van der Waals surface area contributed by atoms with Crippen molar-refractivity contribution >= 4 is 35.8 Å². The van der Waals surface area contributed by atoms with Gasteiger partial charge in [0.15, 0.2) is 0 Å². The number of amides is 1. The lowest BCUT2D eigenvalue weighted by Crippen LogP contribution is -2.41. The number of carboxylic acid groups (broad SMARTS) is 1. The molecule has 4 aromatic carbocycles. The number of aliphatic carboxylic acids is 1. The van der Waals surface area contributed by atoms with Crippen LogP contribution < -0.4 is 5.32 Å². The number of carboxylic acids is 1. The Morgan fingerprint density at radius 3 is 2.21 bits per heavy atom. The van der Waals surface area contributed by atoms with E-state index in [1.807, 2.05) is 79.9 Å². The number of carbonyl (C=O) groups excluding carboxylic acids is 1. The summed E-state index contributed by atoms with van der Waals surface area (Å²) in [5.74, 6) is -0.762. The van der Waals surface area contributed by atoms with Gasteiger partial charge in [-0.2, -0.15) is 11.8 Å². The Morgan fingerprint density at radius 2 is 1.50 bits per heavy atom. The molecule has 0 bridgehead atoms. The number of carbonyl (C=O) groups is 2. The van der Waals surface area contributed by atoms with Crippen LogP contribution in [0.15, 0.2) is 97.1 Å². The smallest absolute Gasteiger partial charge is 0.326 e. The van der Waals surface area contributed by atoms with Crippen molar-refractivity contribution in [3.63, 3.8) is 0 Å². The highest BCUT2D eigenvalue weighted by Crippen LogP contribution is 2.29. The van der Waals surface area contributed by atoms with E-state index in [0.29, 0.717) is 17.7 Å². The minimum atomic E-state index is -1.03. The quantitative estimate of drug-likeness (QED) is 0.213. The third-order valence-corrected chi connectivity index (χ3v) is 7.04. The first-order chi connectivity index (χ1) is 18.5. The first kappa shape index (κ1) is 27.0. The number of hydrogen-bond donors (Lipinski definition) is 2. The first-order valence-corrected chi connectivity index (χ1v) is 13.9. The van der Waals surface area contributed by atoms with E-state index in [2.05, 4.69) is 41.7 Å². The molecule has 0 unspecified atom stereocenters. The molecule has 0 aliphatic heterocycles. The van der Waals surface area contributed by atoms with Crippen LogP contribution in [0.2, 0.25) is 0 Å². The first-order valence-electron chi connectivity index (χ1n) is 12.5. The Morgan fingerprint density at radius 1 is 0.816 bits per heavy atom. The second-order valence-electron chi connectivity index (χ2n) is 9.09. The monoisotopic (exact) mass is 521 g/mol. The Kier molecular flexibility index (Phi) is 9.17. The van der Waals surface area contributed by atoms with Crippen LogP contribution in [0.25, 0.3) is 34.4 Å². The van der Waals surface area contributed by atoms with Crippen molar-refractivity contribution in [1.29, 1.82) is 0 Å². The minimum absolute atomic E-state index is 0.366. The number of nitrogens with one attached hydrogen (secondary N) is 1. The van der Waals surface area contributed by atoms with Gasteiger partial charge in [0.2, 0.25) is 0 Å². The van der Waals surface area contributed by atoms with Gasteiger partial charge in [0, 0.05) is 5.56 Å². The highest BCUT2D eigenvalue weighted by molar-refractivity contribution is 7.98. The molecule has 0 radical (unpaired) electrons. The molecule has 192 valence electrons. The van der Waals surface area contributed by atoms with Gasteiger partial charge < -0.3 is 10.4 Å². The lowest BCUT2D eigenvalue weighted by atomic mass is 9.93. The Hall–Kier alpha value is -4.09. The van der Waals surface area contributed by atoms with Crippen LogP contribution in [0.1, 0.15) is 33.5 Å². The van der Waals surface area contributed by atoms with Gasteiger partial charge in [0.25, 0.3) is 5.91 Å². The fourth-order valence-corrected chi connectivity index (χ4v) is 4.81. The van der Waals surface area contributed by atoms with Crippen LogP contribution in [-0.2, 0) is 4.79 Å². The number of rotatable bonds is 10. The van der Waals surface area contributed by atoms with E-state index in [0.717, 1.165) is 38.9 Å². The summed E-state index contributed by atoms with van der Waals surface area (Å²) < 4.78 is 0. The predicted molar refractivity (Wildman–Crippen MR) is 159 cm³/mol. The maximum absolute atomic E-state index is 13.3. The topological polar surface area (TPSA) is 66.4 Å². The third-order valence-electron chi connectivity index (χ3n) is 6.40. The van der Waals surface area contributed by atoms with Crippen molar-refractivity contribution in [3.05, 3.63) is 119 Å². The molecular formula is C33H31NO3S. The van der Waals surface area contributed by atoms with Crippen molar-refractivity contribution < 1.29 is 14.7 Å². The largest absolute Gasteiger partial charge is 0.480 e. The zero-order valence-corrected chi connectivity index (χ0v) is 22.4. The minimum Gasteiger partial charge on any atom is -0.480 e. The number of hydrogen-bond acceptors (Lipinski definition) is 3. The number of thioether (sulfide) groups is 1. The normalized spacial score (nSPS) is 11.8. The lowest BCUT2D eigenvalue weighted by Gasteiger charge is -2.17. The molecule has 4 aromatic rings. The molecule has 0 saturated carbocycles. The van der Waals surface area contributed by atoms with Crippen LogP contribution in [0, 0.1) is 6.92 Å². The fourth-order valence-electron chi connectivity index (χ4n) is 4.34. The van der Waals surface area contributed by atoms with Crippen molar-refractivity contribution in [1.82, 2.24) is 5.32 Å². The van der Waals surface area contributed by atoms with E-state index >= 15 is 0 Å². The third kappa shape index (κ3) is 6.81. The summed E-state index contributed by atoms with van der Waals surface area (Å²) >= 11 is 1.56. The molecule has 0 fully saturated rings. The summed E-state index contributed by atoms with van der Waals surface area (Å²) in [7, 11) is 0. The highest BCUT2D eigenvalue weighted by Gasteiger charge is 2.22. The molecule has 1 amide bonds. The summed E-state index contributed by atoms with van der Waals surface area (Å²) in [6, 6.07) is 31.3. The average molecular weight is 522 g/mol. The van der Waals surface area contributed by atoms with Gasteiger partial charge >= 0.3 is 5.97 Å². The van der Waals surface area contributed by atoms with Gasteiger partial charge in [-0.15, -0.1) is 0 Å². The molecule has 4 nitrogen and oxygen atoms in total. The summed E-state index contributed by atoms with van der Waals surface area (Å²) in [6.07, 6.45) is 6.38. The van der Waals surface area contributed by atoms with Gasteiger partial charge in [0.1, 0.15) is 6.04 Å². The summed E-state index contributed by atoms with van der Waals surface area (Å²) in [6.45, 7) is 2.01. The van der Waals surface area contributed by atoms with E-state index < -0.39 is 12.0 Å². The zero-order chi connectivity index (χ0) is 26.9. The molecule has 38 heavy (non-hydrogen) atoms. The molecule has 1 atom stereocenters. The highest BCUT2D eigenvalue weighted by atomic mass is 32.2. The molecule has 5 heteroatoms. The van der Waals surface area contributed by atoms with Crippen LogP contribution >= 0.6 is 11.8 Å². The average Bonchev–Trinajstić information content (AvgIpc) is 2.94. The lowest BCUT2D eigenvalue weighted by molar-refractivity contribution is -0.139. The Balaban J connectivity index is 1.66. The Labute approximate surface area is 228 Å². The van der Waals surface area contributed by atoms with Crippen molar-refractivity contribution in [3.8, 4) is 22.3 Å². The second-order valence-corrected chi connectivity index (χ2v) is 10.1. The van der Waals surface area contributed by atoms with E-state index in [1.54, 1.807) is 17.8 Å². The molecule has 0 spiro atoms. The maximum atomic E-state index is 13.3. The fraction of sp³-hybridized carbons (Fsp3) is 0.152. The standard InChI is InChI=1S/C33H31NO3S/c1-23-9-6-7-14-28(23)30-22-25(17-18-29(30)32(35)34-31(33(36)37)19-20-38-2)16-15-24-10-8-13-27(21-24)26-11-4-3-5-12-26/h3-18,21-22,31H,19-20H2,1-2H3,(H,34,35)(H,36,37)/b16-15+/t31-/m0/s1. The van der Waals surface area contributed by atoms with Crippen LogP contribution in [-0.4, -0.2) is 35.0 Å². The molecule has 0 saturated heterocycles. The van der Waals surface area contributed by atoms with Crippen LogP contribution in [0.3, 0.4) is 0 Å². The molecule has 4 rings (SSSR count). The SMILES string of the molecule is CSCC[C@H](NC(=O)c1ccc(/C=C/c2cccc(-c3ccccc3)c2)cc1-c1ccccc1C)C(=O)O. The summed E-state index contributed by atoms with van der Waals surface area (Å²) in [5, 5.41) is 12.3. The molecule has 0 aromatic heterocycles. The summed E-state index contributed by atoms with van der Waals surface area (Å²) in [4.78, 5) is 25.0. The van der Waals surface area contributed by atoms with E-state index in [1.165, 1.54) is 0 Å². The summed E-state index contributed by atoms with van der Waals surface area (Å²) in [5.41, 5.74) is 7.54. The second kappa shape index (κ2) is 12.9. The molecule has 0 heterocycles. The maximum Gasteiger partial charge on any atom is 0.326 e. The van der Waals surface area contributed by atoms with Gasteiger partial charge in [-0.25, -0.2) is 4.79 Å². The van der Waals surface area contributed by atoms with Crippen LogP contribution in [0.4, 0.5) is 0 Å². The van der Waals surface area contributed by atoms with Crippen molar-refractivity contribution in [2.24, 2.45) is 0 Å². The molecule has 2 N–H and O–H groups in total. The molecular weight excluding hydrogens is 490 g/mol. The molecule has 0 aliphatic rings.